The summed E-state index contributed by atoms with van der Waals surface area (Å²) >= 11 is 1.32. The minimum absolute atomic E-state index is 0.0658. The van der Waals surface area contributed by atoms with Crippen molar-refractivity contribution in [1.29, 1.82) is 0 Å². The van der Waals surface area contributed by atoms with Crippen LogP contribution in [-0.2, 0) is 18.4 Å². The van der Waals surface area contributed by atoms with Crippen LogP contribution in [0.2, 0.25) is 0 Å². The molecule has 0 radical (unpaired) electrons. The summed E-state index contributed by atoms with van der Waals surface area (Å²) in [6, 6.07) is 0. The van der Waals surface area contributed by atoms with Crippen LogP contribution in [0.1, 0.15) is 17.1 Å². The van der Waals surface area contributed by atoms with E-state index in [1.54, 1.807) is 10.8 Å². The molecule has 3 N–H and O–H groups in total. The number of nitrogens with one attached hydrogen (secondary N) is 2. The van der Waals surface area contributed by atoms with Crippen LogP contribution in [0.25, 0.3) is 0 Å². The second-order valence-electron chi connectivity index (χ2n) is 4.40. The highest BCUT2D eigenvalue weighted by Crippen LogP contribution is 2.19. The summed E-state index contributed by atoms with van der Waals surface area (Å²) in [5, 5.41) is 19.5. The van der Waals surface area contributed by atoms with Gasteiger partial charge in [0.1, 0.15) is 0 Å². The molecule has 0 aromatic carbocycles. The van der Waals surface area contributed by atoms with E-state index in [0.29, 0.717) is 5.16 Å². The van der Waals surface area contributed by atoms with Crippen LogP contribution in [0.15, 0.2) is 11.4 Å². The summed E-state index contributed by atoms with van der Waals surface area (Å²) < 4.78 is 1.77. The number of aromatic amines is 1. The minimum atomic E-state index is -0.115. The minimum Gasteiger partial charge on any atom is -0.390 e. The Labute approximate surface area is 120 Å². The van der Waals surface area contributed by atoms with E-state index in [9.17, 15) is 4.79 Å². The Balaban J connectivity index is 1.94. The number of carbonyl (C=O) groups excluding carboxylic acids is 1. The van der Waals surface area contributed by atoms with E-state index in [0.717, 1.165) is 22.8 Å². The van der Waals surface area contributed by atoms with Crippen molar-refractivity contribution in [2.75, 3.05) is 11.1 Å². The molecule has 0 aliphatic rings. The van der Waals surface area contributed by atoms with Gasteiger partial charge in [-0.25, -0.2) is 4.98 Å². The van der Waals surface area contributed by atoms with Crippen molar-refractivity contribution in [3.05, 3.63) is 23.3 Å². The first-order valence-corrected chi connectivity index (χ1v) is 7.07. The predicted molar refractivity (Wildman–Crippen MR) is 76.5 cm³/mol. The number of aromatic nitrogens is 4. The largest absolute Gasteiger partial charge is 0.390 e. The van der Waals surface area contributed by atoms with Gasteiger partial charge in [0.25, 0.3) is 0 Å². The van der Waals surface area contributed by atoms with Crippen molar-refractivity contribution in [3.63, 3.8) is 0 Å². The monoisotopic (exact) mass is 295 g/mol. The van der Waals surface area contributed by atoms with Crippen LogP contribution in [0.5, 0.6) is 0 Å². The maximum absolute atomic E-state index is 11.9. The van der Waals surface area contributed by atoms with Crippen molar-refractivity contribution in [2.45, 2.75) is 25.6 Å². The van der Waals surface area contributed by atoms with Crippen molar-refractivity contribution in [2.24, 2.45) is 7.05 Å². The third-order valence-electron chi connectivity index (χ3n) is 2.93. The van der Waals surface area contributed by atoms with Gasteiger partial charge in [-0.1, -0.05) is 11.8 Å². The zero-order chi connectivity index (χ0) is 14.7. The molecule has 0 saturated heterocycles. The fourth-order valence-electron chi connectivity index (χ4n) is 1.75. The van der Waals surface area contributed by atoms with Gasteiger partial charge in [-0.05, 0) is 13.8 Å². The van der Waals surface area contributed by atoms with E-state index in [1.807, 2.05) is 20.9 Å². The normalized spacial score (nSPS) is 10.8. The number of amides is 1. The van der Waals surface area contributed by atoms with Crippen LogP contribution in [0, 0.1) is 13.8 Å². The van der Waals surface area contributed by atoms with Gasteiger partial charge in [-0.2, -0.15) is 5.10 Å². The smallest absolute Gasteiger partial charge is 0.234 e. The molecule has 7 nitrogen and oxygen atoms in total. The fourth-order valence-corrected chi connectivity index (χ4v) is 2.52. The number of carbonyl (C=O) groups is 1. The van der Waals surface area contributed by atoms with Gasteiger partial charge in [0.2, 0.25) is 5.91 Å². The second kappa shape index (κ2) is 6.10. The van der Waals surface area contributed by atoms with E-state index >= 15 is 0 Å². The first-order chi connectivity index (χ1) is 9.52. The number of anilines is 1. The van der Waals surface area contributed by atoms with E-state index in [-0.39, 0.29) is 18.3 Å². The molecular formula is C12H17N5O2S. The van der Waals surface area contributed by atoms with Gasteiger partial charge >= 0.3 is 0 Å². The van der Waals surface area contributed by atoms with E-state index < -0.39 is 0 Å². The lowest BCUT2D eigenvalue weighted by molar-refractivity contribution is -0.113. The number of H-pyrrole nitrogens is 1. The predicted octanol–water partition coefficient (Wildman–Crippen LogP) is 0.983. The maximum atomic E-state index is 11.9. The van der Waals surface area contributed by atoms with Crippen molar-refractivity contribution >= 4 is 23.4 Å². The van der Waals surface area contributed by atoms with Crippen molar-refractivity contribution < 1.29 is 9.90 Å². The first-order valence-electron chi connectivity index (χ1n) is 6.08. The number of rotatable bonds is 5. The molecule has 0 fully saturated rings. The van der Waals surface area contributed by atoms with Gasteiger partial charge in [0.15, 0.2) is 5.16 Å². The summed E-state index contributed by atoms with van der Waals surface area (Å²) in [6.45, 7) is 3.62. The Kier molecular flexibility index (Phi) is 4.46. The SMILES string of the molecule is Cc1n[nH]c(C)c1NC(=O)CSc1ncc(CO)n1C. The number of nitrogens with zero attached hydrogens (tertiary/aromatic N) is 3. The number of imidazole rings is 1. The van der Waals surface area contributed by atoms with Crippen LogP contribution < -0.4 is 5.32 Å². The molecule has 0 atom stereocenters. The van der Waals surface area contributed by atoms with Crippen molar-refractivity contribution in [3.8, 4) is 0 Å². The summed E-state index contributed by atoms with van der Waals surface area (Å²) in [7, 11) is 1.81. The highest BCUT2D eigenvalue weighted by molar-refractivity contribution is 7.99. The molecule has 2 rings (SSSR count). The third kappa shape index (κ3) is 3.02. The Hall–Kier alpha value is -1.80. The number of hydrogen-bond donors (Lipinski definition) is 3. The topological polar surface area (TPSA) is 95.8 Å². The average molecular weight is 295 g/mol. The molecule has 0 spiro atoms. The average Bonchev–Trinajstić information content (AvgIpc) is 2.93. The molecule has 2 aromatic rings. The zero-order valence-electron chi connectivity index (χ0n) is 11.6. The number of thioether (sulfide) groups is 1. The third-order valence-corrected chi connectivity index (χ3v) is 3.97. The van der Waals surface area contributed by atoms with Gasteiger partial charge < -0.3 is 15.0 Å². The highest BCUT2D eigenvalue weighted by Gasteiger charge is 2.12. The summed E-state index contributed by atoms with van der Waals surface area (Å²) in [5.41, 5.74) is 3.04. The lowest BCUT2D eigenvalue weighted by Gasteiger charge is -2.06. The molecule has 0 unspecified atom stereocenters. The summed E-state index contributed by atoms with van der Waals surface area (Å²) in [6.07, 6.45) is 1.60. The van der Waals surface area contributed by atoms with Gasteiger partial charge in [-0.3, -0.25) is 9.89 Å². The molecule has 8 heteroatoms. The number of aliphatic hydroxyl groups excluding tert-OH is 1. The lowest BCUT2D eigenvalue weighted by atomic mass is 10.3. The Morgan fingerprint density at radius 3 is 2.85 bits per heavy atom. The highest BCUT2D eigenvalue weighted by atomic mass is 32.2. The second-order valence-corrected chi connectivity index (χ2v) is 5.34. The van der Waals surface area contributed by atoms with E-state index in [1.165, 1.54) is 11.8 Å². The number of aliphatic hydroxyl groups is 1. The van der Waals surface area contributed by atoms with Gasteiger partial charge in [-0.15, -0.1) is 0 Å². The quantitative estimate of drug-likeness (QED) is 0.715. The molecule has 2 aromatic heterocycles. The first kappa shape index (κ1) is 14.6. The lowest BCUT2D eigenvalue weighted by Crippen LogP contribution is -2.15. The Morgan fingerprint density at radius 2 is 2.30 bits per heavy atom. The van der Waals surface area contributed by atoms with Gasteiger partial charge in [0, 0.05) is 7.05 Å². The fraction of sp³-hybridized carbons (Fsp3) is 0.417. The molecule has 2 heterocycles. The molecule has 20 heavy (non-hydrogen) atoms. The van der Waals surface area contributed by atoms with Crippen LogP contribution >= 0.6 is 11.8 Å². The van der Waals surface area contributed by atoms with E-state index in [2.05, 4.69) is 20.5 Å². The maximum Gasteiger partial charge on any atom is 0.234 e. The van der Waals surface area contributed by atoms with Crippen molar-refractivity contribution in [1.82, 2.24) is 19.7 Å². The van der Waals surface area contributed by atoms with Crippen LogP contribution in [0.4, 0.5) is 5.69 Å². The zero-order valence-corrected chi connectivity index (χ0v) is 12.4. The van der Waals surface area contributed by atoms with Crippen LogP contribution in [-0.4, -0.2) is 36.5 Å². The Morgan fingerprint density at radius 1 is 1.55 bits per heavy atom. The molecule has 0 bridgehead atoms. The molecule has 108 valence electrons. The standard InChI is InChI=1S/C12H17N5O2S/c1-7-11(8(2)16-15-7)14-10(19)6-20-12-13-4-9(5-18)17(12)3/h4,18H,5-6H2,1-3H3,(H,14,19)(H,15,16). The van der Waals surface area contributed by atoms with Gasteiger partial charge in [0.05, 0.1) is 41.3 Å². The molecular weight excluding hydrogens is 278 g/mol. The summed E-state index contributed by atoms with van der Waals surface area (Å²) in [4.78, 5) is 16.1. The molecule has 0 saturated carbocycles. The number of hydrogen-bond acceptors (Lipinski definition) is 5. The molecule has 1 amide bonds. The summed E-state index contributed by atoms with van der Waals surface area (Å²) in [5.74, 6) is 0.135. The van der Waals surface area contributed by atoms with E-state index in [4.69, 9.17) is 5.11 Å². The van der Waals surface area contributed by atoms with Crippen LogP contribution in [0.3, 0.4) is 0 Å². The number of aryl methyl sites for hydroxylation is 2. The molecule has 0 aliphatic heterocycles. The molecule has 0 aliphatic carbocycles. The Bertz CT molecular complexity index is 600.